The predicted octanol–water partition coefficient (Wildman–Crippen LogP) is 1.47. The van der Waals surface area contributed by atoms with E-state index < -0.39 is 0 Å². The third-order valence-corrected chi connectivity index (χ3v) is 3.31. The van der Waals surface area contributed by atoms with Crippen LogP contribution in [0.1, 0.15) is 33.1 Å². The quantitative estimate of drug-likeness (QED) is 0.728. The van der Waals surface area contributed by atoms with E-state index in [4.69, 9.17) is 10.5 Å². The second-order valence-corrected chi connectivity index (χ2v) is 4.59. The van der Waals surface area contributed by atoms with Gasteiger partial charge in [0.1, 0.15) is 0 Å². The van der Waals surface area contributed by atoms with Crippen molar-refractivity contribution in [3.05, 3.63) is 0 Å². The lowest BCUT2D eigenvalue weighted by atomic mass is 9.94. The summed E-state index contributed by atoms with van der Waals surface area (Å²) in [6.07, 6.45) is 3.86. The minimum Gasteiger partial charge on any atom is -0.380 e. The molecule has 0 aromatic heterocycles. The Morgan fingerprint density at radius 2 is 2.33 bits per heavy atom. The van der Waals surface area contributed by atoms with Crippen LogP contribution in [-0.2, 0) is 4.74 Å². The Balaban J connectivity index is 2.27. The molecule has 0 radical (unpaired) electrons. The van der Waals surface area contributed by atoms with Gasteiger partial charge < -0.3 is 10.5 Å². The van der Waals surface area contributed by atoms with Gasteiger partial charge in [0.25, 0.3) is 0 Å². The highest BCUT2D eigenvalue weighted by atomic mass is 16.5. The minimum atomic E-state index is 0.561. The highest BCUT2D eigenvalue weighted by Crippen LogP contribution is 2.20. The zero-order valence-corrected chi connectivity index (χ0v) is 10.2. The van der Waals surface area contributed by atoms with Crippen molar-refractivity contribution >= 4 is 0 Å². The first-order valence-corrected chi connectivity index (χ1v) is 6.29. The zero-order valence-electron chi connectivity index (χ0n) is 10.2. The molecule has 1 rings (SSSR count). The molecular formula is C12H26N2O. The first-order chi connectivity index (χ1) is 7.27. The molecule has 1 fully saturated rings. The van der Waals surface area contributed by atoms with Crippen molar-refractivity contribution in [2.75, 3.05) is 32.8 Å². The van der Waals surface area contributed by atoms with E-state index in [2.05, 4.69) is 18.7 Å². The predicted molar refractivity (Wildman–Crippen MR) is 63.9 cm³/mol. The summed E-state index contributed by atoms with van der Waals surface area (Å²) < 4.78 is 5.48. The summed E-state index contributed by atoms with van der Waals surface area (Å²) >= 11 is 0. The summed E-state index contributed by atoms with van der Waals surface area (Å²) in [4.78, 5) is 2.56. The Hall–Kier alpha value is -0.120. The molecule has 3 heteroatoms. The summed E-state index contributed by atoms with van der Waals surface area (Å²) in [5.74, 6) is 0.813. The van der Waals surface area contributed by atoms with Crippen LogP contribution in [0.15, 0.2) is 0 Å². The van der Waals surface area contributed by atoms with Crippen LogP contribution >= 0.6 is 0 Å². The maximum absolute atomic E-state index is 5.62. The Bertz CT molecular complexity index is 162. The first-order valence-electron chi connectivity index (χ1n) is 6.29. The van der Waals surface area contributed by atoms with E-state index in [-0.39, 0.29) is 0 Å². The van der Waals surface area contributed by atoms with Gasteiger partial charge in [-0.05, 0) is 52.1 Å². The molecule has 0 aromatic carbocycles. The average Bonchev–Trinajstić information content (AvgIpc) is 2.27. The van der Waals surface area contributed by atoms with Gasteiger partial charge in [0.05, 0.1) is 6.61 Å². The maximum Gasteiger partial charge on any atom is 0.0618 e. The smallest absolute Gasteiger partial charge is 0.0618 e. The second kappa shape index (κ2) is 7.20. The molecule has 15 heavy (non-hydrogen) atoms. The molecule has 1 aliphatic heterocycles. The number of hydrogen-bond donors (Lipinski definition) is 1. The maximum atomic E-state index is 5.62. The average molecular weight is 214 g/mol. The van der Waals surface area contributed by atoms with Crippen LogP contribution in [0.2, 0.25) is 0 Å². The molecule has 0 bridgehead atoms. The third-order valence-electron chi connectivity index (χ3n) is 3.31. The van der Waals surface area contributed by atoms with Crippen LogP contribution in [0.25, 0.3) is 0 Å². The molecular weight excluding hydrogens is 188 g/mol. The van der Waals surface area contributed by atoms with E-state index in [9.17, 15) is 0 Å². The lowest BCUT2D eigenvalue weighted by Crippen LogP contribution is -2.43. The fraction of sp³-hybridized carbons (Fsp3) is 1.00. The normalized spacial score (nSPS) is 25.4. The number of ether oxygens (including phenoxy) is 1. The SMILES string of the molecule is CCOCC(C)N1CCCC(CCN)C1. The van der Waals surface area contributed by atoms with Crippen LogP contribution in [-0.4, -0.2) is 43.8 Å². The van der Waals surface area contributed by atoms with Gasteiger partial charge >= 0.3 is 0 Å². The molecule has 0 amide bonds. The van der Waals surface area contributed by atoms with E-state index in [1.807, 2.05) is 0 Å². The van der Waals surface area contributed by atoms with E-state index in [1.54, 1.807) is 0 Å². The topological polar surface area (TPSA) is 38.5 Å². The summed E-state index contributed by atoms with van der Waals surface area (Å²) in [5, 5.41) is 0. The molecule has 0 saturated carbocycles. The van der Waals surface area contributed by atoms with Crippen molar-refractivity contribution < 1.29 is 4.74 Å². The number of nitrogens with zero attached hydrogens (tertiary/aromatic N) is 1. The van der Waals surface area contributed by atoms with Gasteiger partial charge in [0.15, 0.2) is 0 Å². The highest BCUT2D eigenvalue weighted by Gasteiger charge is 2.22. The van der Waals surface area contributed by atoms with E-state index in [1.165, 1.54) is 32.4 Å². The number of likely N-dealkylation sites (tertiary alicyclic amines) is 1. The Kier molecular flexibility index (Phi) is 6.22. The molecule has 2 unspecified atom stereocenters. The number of rotatable bonds is 6. The van der Waals surface area contributed by atoms with Crippen molar-refractivity contribution in [3.63, 3.8) is 0 Å². The fourth-order valence-electron chi connectivity index (χ4n) is 2.36. The first kappa shape index (κ1) is 12.9. The molecule has 0 spiro atoms. The minimum absolute atomic E-state index is 0.561. The van der Waals surface area contributed by atoms with Crippen LogP contribution < -0.4 is 5.73 Å². The Morgan fingerprint density at radius 1 is 1.53 bits per heavy atom. The molecule has 1 saturated heterocycles. The van der Waals surface area contributed by atoms with E-state index in [0.717, 1.165) is 25.7 Å². The summed E-state index contributed by atoms with van der Waals surface area (Å²) in [6, 6.07) is 0.561. The van der Waals surface area contributed by atoms with Crippen molar-refractivity contribution in [2.45, 2.75) is 39.2 Å². The molecule has 0 aliphatic carbocycles. The molecule has 90 valence electrons. The lowest BCUT2D eigenvalue weighted by molar-refractivity contribution is 0.0495. The number of nitrogens with two attached hydrogens (primary N) is 1. The lowest BCUT2D eigenvalue weighted by Gasteiger charge is -2.36. The molecule has 0 aromatic rings. The van der Waals surface area contributed by atoms with Crippen molar-refractivity contribution in [1.29, 1.82) is 0 Å². The van der Waals surface area contributed by atoms with Crippen LogP contribution in [0, 0.1) is 5.92 Å². The van der Waals surface area contributed by atoms with Gasteiger partial charge in [0.2, 0.25) is 0 Å². The number of piperidine rings is 1. The largest absolute Gasteiger partial charge is 0.380 e. The van der Waals surface area contributed by atoms with E-state index >= 15 is 0 Å². The van der Waals surface area contributed by atoms with Gasteiger partial charge in [-0.25, -0.2) is 0 Å². The second-order valence-electron chi connectivity index (χ2n) is 4.59. The van der Waals surface area contributed by atoms with Crippen molar-refractivity contribution in [3.8, 4) is 0 Å². The monoisotopic (exact) mass is 214 g/mol. The molecule has 1 heterocycles. The molecule has 2 N–H and O–H groups in total. The Labute approximate surface area is 94.0 Å². The molecule has 3 nitrogen and oxygen atoms in total. The molecule has 2 atom stereocenters. The van der Waals surface area contributed by atoms with Gasteiger partial charge in [-0.1, -0.05) is 0 Å². The van der Waals surface area contributed by atoms with Gasteiger partial charge in [0, 0.05) is 19.2 Å². The Morgan fingerprint density at radius 3 is 3.00 bits per heavy atom. The van der Waals surface area contributed by atoms with Crippen LogP contribution in [0.3, 0.4) is 0 Å². The molecule has 1 aliphatic rings. The van der Waals surface area contributed by atoms with Gasteiger partial charge in [-0.15, -0.1) is 0 Å². The number of hydrogen-bond acceptors (Lipinski definition) is 3. The van der Waals surface area contributed by atoms with Gasteiger partial charge in [-0.3, -0.25) is 4.90 Å². The summed E-state index contributed by atoms with van der Waals surface area (Å²) in [5.41, 5.74) is 5.62. The van der Waals surface area contributed by atoms with Crippen molar-refractivity contribution in [2.24, 2.45) is 11.7 Å². The van der Waals surface area contributed by atoms with E-state index in [0.29, 0.717) is 6.04 Å². The van der Waals surface area contributed by atoms with Crippen molar-refractivity contribution in [1.82, 2.24) is 4.90 Å². The van der Waals surface area contributed by atoms with Crippen LogP contribution in [0.5, 0.6) is 0 Å². The van der Waals surface area contributed by atoms with Crippen LogP contribution in [0.4, 0.5) is 0 Å². The third kappa shape index (κ3) is 4.49. The highest BCUT2D eigenvalue weighted by molar-refractivity contribution is 4.77. The summed E-state index contributed by atoms with van der Waals surface area (Å²) in [6.45, 7) is 9.29. The summed E-state index contributed by atoms with van der Waals surface area (Å²) in [7, 11) is 0. The van der Waals surface area contributed by atoms with Gasteiger partial charge in [-0.2, -0.15) is 0 Å². The standard InChI is InChI=1S/C12H26N2O/c1-3-15-10-11(2)14-8-4-5-12(9-14)6-7-13/h11-12H,3-10,13H2,1-2H3. The fourth-order valence-corrected chi connectivity index (χ4v) is 2.36. The zero-order chi connectivity index (χ0) is 11.1.